The quantitative estimate of drug-likeness (QED) is 0.765. The summed E-state index contributed by atoms with van der Waals surface area (Å²) >= 11 is 0. The van der Waals surface area contributed by atoms with E-state index >= 15 is 0 Å². The molecule has 0 bridgehead atoms. The molecule has 3 nitrogen and oxygen atoms in total. The number of nitrogens with two attached hydrogens (primary N) is 1. The van der Waals surface area contributed by atoms with Crippen LogP contribution in [0.5, 0.6) is 0 Å². The fraction of sp³-hybridized carbons (Fsp3) is 0.923. The first-order valence-corrected chi connectivity index (χ1v) is 6.67. The molecule has 0 heterocycles. The van der Waals surface area contributed by atoms with E-state index in [1.54, 1.807) is 0 Å². The van der Waals surface area contributed by atoms with E-state index in [1.807, 2.05) is 0 Å². The van der Waals surface area contributed by atoms with Gasteiger partial charge in [0.05, 0.1) is 5.54 Å². The third kappa shape index (κ3) is 2.57. The van der Waals surface area contributed by atoms with Gasteiger partial charge in [0.25, 0.3) is 0 Å². The average Bonchev–Trinajstić information content (AvgIpc) is 3.05. The van der Waals surface area contributed by atoms with E-state index in [0.29, 0.717) is 24.8 Å². The summed E-state index contributed by atoms with van der Waals surface area (Å²) in [6, 6.07) is 0. The summed E-state index contributed by atoms with van der Waals surface area (Å²) in [5.41, 5.74) is 5.80. The summed E-state index contributed by atoms with van der Waals surface area (Å²) in [4.78, 5) is 11.9. The second-order valence-corrected chi connectivity index (χ2v) is 5.70. The highest BCUT2D eigenvalue weighted by atomic mass is 16.1. The van der Waals surface area contributed by atoms with Crippen molar-refractivity contribution in [3.05, 3.63) is 0 Å². The Kier molecular flexibility index (Phi) is 3.53. The molecule has 2 aliphatic carbocycles. The molecule has 0 aliphatic heterocycles. The van der Waals surface area contributed by atoms with Crippen LogP contribution in [0, 0.1) is 11.8 Å². The molecule has 16 heavy (non-hydrogen) atoms. The van der Waals surface area contributed by atoms with Crippen molar-refractivity contribution < 1.29 is 4.79 Å². The fourth-order valence-corrected chi connectivity index (χ4v) is 2.87. The second-order valence-electron chi connectivity index (χ2n) is 5.70. The van der Waals surface area contributed by atoms with Gasteiger partial charge in [0.1, 0.15) is 0 Å². The Morgan fingerprint density at radius 1 is 1.38 bits per heavy atom. The van der Waals surface area contributed by atoms with Crippen LogP contribution in [0.2, 0.25) is 0 Å². The summed E-state index contributed by atoms with van der Waals surface area (Å²) in [5, 5.41) is 3.24. The van der Waals surface area contributed by atoms with Crippen LogP contribution >= 0.6 is 0 Å². The predicted molar refractivity (Wildman–Crippen MR) is 64.9 cm³/mol. The van der Waals surface area contributed by atoms with Crippen LogP contribution < -0.4 is 11.1 Å². The molecule has 2 saturated carbocycles. The lowest BCUT2D eigenvalue weighted by molar-refractivity contribution is -0.124. The van der Waals surface area contributed by atoms with E-state index < -0.39 is 0 Å². The van der Waals surface area contributed by atoms with Crippen LogP contribution in [-0.2, 0) is 4.79 Å². The number of carbonyl (C=O) groups excluding carboxylic acids is 1. The second kappa shape index (κ2) is 4.74. The summed E-state index contributed by atoms with van der Waals surface area (Å²) < 4.78 is 0. The lowest BCUT2D eigenvalue weighted by Gasteiger charge is -2.42. The van der Waals surface area contributed by atoms with Gasteiger partial charge in [-0.25, -0.2) is 0 Å². The minimum Gasteiger partial charge on any atom is -0.349 e. The lowest BCUT2D eigenvalue weighted by Crippen LogP contribution is -2.59. The van der Waals surface area contributed by atoms with Gasteiger partial charge in [0, 0.05) is 13.0 Å². The molecule has 0 aromatic carbocycles. The van der Waals surface area contributed by atoms with Crippen molar-refractivity contribution in [1.29, 1.82) is 0 Å². The van der Waals surface area contributed by atoms with Gasteiger partial charge in [-0.2, -0.15) is 0 Å². The first-order chi connectivity index (χ1) is 7.66. The third-order valence-electron chi connectivity index (χ3n) is 4.38. The highest BCUT2D eigenvalue weighted by Gasteiger charge is 2.38. The normalized spacial score (nSPS) is 34.8. The van der Waals surface area contributed by atoms with Crippen molar-refractivity contribution in [2.45, 2.75) is 57.4 Å². The van der Waals surface area contributed by atoms with E-state index in [4.69, 9.17) is 5.73 Å². The minimum absolute atomic E-state index is 0.107. The Labute approximate surface area is 98.2 Å². The van der Waals surface area contributed by atoms with Crippen molar-refractivity contribution in [2.75, 3.05) is 6.54 Å². The van der Waals surface area contributed by atoms with Gasteiger partial charge in [0.2, 0.25) is 5.91 Å². The standard InChI is InChI=1S/C13H24N2O/c1-10-4-2-3-7-13(10,9-14)15-12(16)8-11-5-6-11/h10-11H,2-9,14H2,1H3,(H,15,16). The van der Waals surface area contributed by atoms with Gasteiger partial charge in [-0.15, -0.1) is 0 Å². The molecule has 0 aromatic heterocycles. The summed E-state index contributed by atoms with van der Waals surface area (Å²) in [5.74, 6) is 1.41. The first kappa shape index (κ1) is 11.9. The van der Waals surface area contributed by atoms with Crippen LogP contribution in [-0.4, -0.2) is 18.0 Å². The average molecular weight is 224 g/mol. The number of nitrogens with one attached hydrogen (secondary N) is 1. The van der Waals surface area contributed by atoms with E-state index in [9.17, 15) is 4.79 Å². The van der Waals surface area contributed by atoms with Gasteiger partial charge < -0.3 is 11.1 Å². The van der Waals surface area contributed by atoms with Crippen LogP contribution in [0.1, 0.15) is 51.9 Å². The molecule has 0 saturated heterocycles. The number of rotatable bonds is 4. The number of hydrogen-bond acceptors (Lipinski definition) is 2. The summed E-state index contributed by atoms with van der Waals surface area (Å²) in [6.07, 6.45) is 7.92. The van der Waals surface area contributed by atoms with Gasteiger partial charge in [0.15, 0.2) is 0 Å². The first-order valence-electron chi connectivity index (χ1n) is 6.67. The van der Waals surface area contributed by atoms with E-state index in [0.717, 1.165) is 6.42 Å². The molecule has 0 aromatic rings. The molecule has 2 rings (SSSR count). The van der Waals surface area contributed by atoms with Gasteiger partial charge >= 0.3 is 0 Å². The Morgan fingerprint density at radius 3 is 2.69 bits per heavy atom. The number of carbonyl (C=O) groups is 1. The Morgan fingerprint density at radius 2 is 2.12 bits per heavy atom. The predicted octanol–water partition coefficient (Wildman–Crippen LogP) is 1.81. The van der Waals surface area contributed by atoms with Crippen molar-refractivity contribution in [3.8, 4) is 0 Å². The maximum Gasteiger partial charge on any atom is 0.220 e. The van der Waals surface area contributed by atoms with Crippen molar-refractivity contribution in [1.82, 2.24) is 5.32 Å². The van der Waals surface area contributed by atoms with Crippen LogP contribution in [0.25, 0.3) is 0 Å². The van der Waals surface area contributed by atoms with Gasteiger partial charge in [-0.05, 0) is 37.5 Å². The Bertz CT molecular complexity index is 263. The highest BCUT2D eigenvalue weighted by molar-refractivity contribution is 5.77. The van der Waals surface area contributed by atoms with Gasteiger partial charge in [-0.1, -0.05) is 19.8 Å². The smallest absolute Gasteiger partial charge is 0.220 e. The maximum absolute atomic E-state index is 11.9. The molecule has 2 fully saturated rings. The third-order valence-corrected chi connectivity index (χ3v) is 4.38. The topological polar surface area (TPSA) is 55.1 Å². The molecule has 3 N–H and O–H groups in total. The lowest BCUT2D eigenvalue weighted by atomic mass is 9.73. The molecule has 2 atom stereocenters. The van der Waals surface area contributed by atoms with Gasteiger partial charge in [-0.3, -0.25) is 4.79 Å². The van der Waals surface area contributed by atoms with E-state index in [-0.39, 0.29) is 11.4 Å². The van der Waals surface area contributed by atoms with E-state index in [2.05, 4.69) is 12.2 Å². The van der Waals surface area contributed by atoms with Crippen molar-refractivity contribution >= 4 is 5.91 Å². The highest BCUT2D eigenvalue weighted by Crippen LogP contribution is 2.35. The largest absolute Gasteiger partial charge is 0.349 e. The zero-order valence-electron chi connectivity index (χ0n) is 10.3. The summed E-state index contributed by atoms with van der Waals surface area (Å²) in [6.45, 7) is 2.81. The zero-order valence-corrected chi connectivity index (χ0v) is 10.3. The maximum atomic E-state index is 11.9. The monoisotopic (exact) mass is 224 g/mol. The molecule has 0 spiro atoms. The molecular formula is C13H24N2O. The van der Waals surface area contributed by atoms with Crippen molar-refractivity contribution in [3.63, 3.8) is 0 Å². The molecule has 1 amide bonds. The Balaban J connectivity index is 1.93. The number of amides is 1. The van der Waals surface area contributed by atoms with Crippen LogP contribution in [0.15, 0.2) is 0 Å². The van der Waals surface area contributed by atoms with Crippen LogP contribution in [0.4, 0.5) is 0 Å². The minimum atomic E-state index is -0.107. The Hall–Kier alpha value is -0.570. The van der Waals surface area contributed by atoms with Crippen molar-refractivity contribution in [2.24, 2.45) is 17.6 Å². The molecule has 3 heteroatoms. The SMILES string of the molecule is CC1CCCCC1(CN)NC(=O)CC1CC1. The molecule has 2 unspecified atom stereocenters. The summed E-state index contributed by atoms with van der Waals surface area (Å²) in [7, 11) is 0. The zero-order chi connectivity index (χ0) is 11.6. The van der Waals surface area contributed by atoms with Crippen LogP contribution in [0.3, 0.4) is 0 Å². The fourth-order valence-electron chi connectivity index (χ4n) is 2.87. The molecule has 92 valence electrons. The van der Waals surface area contributed by atoms with E-state index in [1.165, 1.54) is 32.1 Å². The molecular weight excluding hydrogens is 200 g/mol. The molecule has 0 radical (unpaired) electrons. The number of hydrogen-bond donors (Lipinski definition) is 2. The molecule has 2 aliphatic rings.